The molecule has 0 atom stereocenters. The molecule has 0 bridgehead atoms. The molecule has 6 heteroatoms. The lowest BCUT2D eigenvalue weighted by Crippen LogP contribution is -2.29. The highest BCUT2D eigenvalue weighted by Gasteiger charge is 2.27. The highest BCUT2D eigenvalue weighted by molar-refractivity contribution is 6.31. The predicted octanol–water partition coefficient (Wildman–Crippen LogP) is 5.12. The zero-order chi connectivity index (χ0) is 21.1. The van der Waals surface area contributed by atoms with Crippen LogP contribution in [0.2, 0.25) is 5.02 Å². The van der Waals surface area contributed by atoms with Crippen LogP contribution >= 0.6 is 11.6 Å². The summed E-state index contributed by atoms with van der Waals surface area (Å²) in [5, 5.41) is 11.8. The van der Waals surface area contributed by atoms with Gasteiger partial charge >= 0.3 is 0 Å². The maximum absolute atomic E-state index is 13.3. The fourth-order valence-corrected chi connectivity index (χ4v) is 4.26. The van der Waals surface area contributed by atoms with Crippen LogP contribution in [0.25, 0.3) is 5.69 Å². The van der Waals surface area contributed by atoms with E-state index < -0.39 is 0 Å². The van der Waals surface area contributed by atoms with Crippen molar-refractivity contribution >= 4 is 23.2 Å². The average molecular weight is 423 g/mol. The third-order valence-corrected chi connectivity index (χ3v) is 6.23. The van der Waals surface area contributed by atoms with Crippen molar-refractivity contribution < 1.29 is 4.79 Å². The van der Waals surface area contributed by atoms with Gasteiger partial charge in [-0.3, -0.25) is 4.79 Å². The molecule has 1 aromatic heterocycles. The van der Waals surface area contributed by atoms with Gasteiger partial charge in [0.2, 0.25) is 0 Å². The van der Waals surface area contributed by atoms with E-state index in [1.807, 2.05) is 54.1 Å². The number of nitrogens with zero attached hydrogens (tertiary/aromatic N) is 2. The Morgan fingerprint density at radius 3 is 2.73 bits per heavy atom. The number of hydrogen-bond acceptors (Lipinski definition) is 3. The molecule has 1 amide bonds. The van der Waals surface area contributed by atoms with Gasteiger partial charge in [-0.05, 0) is 68.6 Å². The minimum atomic E-state index is -0.117. The number of hydrogen-bond donors (Lipinski definition) is 2. The number of para-hydroxylation sites is 1. The highest BCUT2D eigenvalue weighted by Crippen LogP contribution is 2.32. The number of nitrogens with one attached hydrogen (secondary N) is 2. The number of aryl methyl sites for hydroxylation is 2. The summed E-state index contributed by atoms with van der Waals surface area (Å²) >= 11 is 6.38. The molecule has 2 aromatic carbocycles. The van der Waals surface area contributed by atoms with Gasteiger partial charge in [0.25, 0.3) is 5.91 Å². The lowest BCUT2D eigenvalue weighted by molar-refractivity contribution is 0.102. The van der Waals surface area contributed by atoms with E-state index in [4.69, 9.17) is 11.6 Å². The van der Waals surface area contributed by atoms with E-state index in [2.05, 4.69) is 22.7 Å². The molecule has 156 valence electrons. The van der Waals surface area contributed by atoms with Gasteiger partial charge in [0.1, 0.15) is 0 Å². The van der Waals surface area contributed by atoms with Crippen LogP contribution in [-0.2, 0) is 6.42 Å². The van der Waals surface area contributed by atoms with Crippen molar-refractivity contribution in [3.05, 3.63) is 76.1 Å². The Morgan fingerprint density at radius 1 is 1.23 bits per heavy atom. The summed E-state index contributed by atoms with van der Waals surface area (Å²) < 4.78 is 1.89. The van der Waals surface area contributed by atoms with Gasteiger partial charge in [-0.25, -0.2) is 4.68 Å². The fraction of sp³-hybridized carbons (Fsp3) is 0.333. The Bertz CT molecular complexity index is 1050. The standard InChI is InChI=1S/C24H27ClN4O/c1-3-17-6-4-5-7-22(17)28-24(30)20-15-27-29(19-9-8-16(2)21(25)14-19)23(20)18-10-12-26-13-11-18/h4-9,14-15,18,26H,3,10-13H2,1-2H3,(H,28,30). The van der Waals surface area contributed by atoms with E-state index in [1.165, 1.54) is 0 Å². The molecular weight excluding hydrogens is 396 g/mol. The smallest absolute Gasteiger partial charge is 0.259 e. The summed E-state index contributed by atoms with van der Waals surface area (Å²) in [6.45, 7) is 5.94. The second-order valence-electron chi connectivity index (χ2n) is 7.78. The molecule has 3 aromatic rings. The van der Waals surface area contributed by atoms with Gasteiger partial charge in [0, 0.05) is 16.6 Å². The largest absolute Gasteiger partial charge is 0.322 e. The van der Waals surface area contributed by atoms with E-state index in [-0.39, 0.29) is 11.8 Å². The van der Waals surface area contributed by atoms with E-state index in [9.17, 15) is 4.79 Å². The molecule has 0 aliphatic carbocycles. The Kier molecular flexibility index (Phi) is 6.21. The van der Waals surface area contributed by atoms with Crippen molar-refractivity contribution in [1.29, 1.82) is 0 Å². The summed E-state index contributed by atoms with van der Waals surface area (Å²) in [6.07, 6.45) is 4.49. The number of benzene rings is 2. The van der Waals surface area contributed by atoms with Crippen molar-refractivity contribution in [2.75, 3.05) is 18.4 Å². The number of carbonyl (C=O) groups is 1. The normalized spacial score (nSPS) is 14.6. The molecule has 1 aliphatic rings. The molecule has 0 unspecified atom stereocenters. The zero-order valence-corrected chi connectivity index (χ0v) is 18.2. The molecule has 0 spiro atoms. The third-order valence-electron chi connectivity index (χ3n) is 5.82. The molecule has 1 aliphatic heterocycles. The lowest BCUT2D eigenvalue weighted by atomic mass is 9.91. The van der Waals surface area contributed by atoms with Gasteiger partial charge in [0.15, 0.2) is 0 Å². The summed E-state index contributed by atoms with van der Waals surface area (Å²) in [5.74, 6) is 0.143. The topological polar surface area (TPSA) is 59.0 Å². The van der Waals surface area contributed by atoms with Gasteiger partial charge in [-0.1, -0.05) is 42.8 Å². The maximum atomic E-state index is 13.3. The first-order valence-electron chi connectivity index (χ1n) is 10.5. The van der Waals surface area contributed by atoms with Crippen LogP contribution in [0.4, 0.5) is 5.69 Å². The summed E-state index contributed by atoms with van der Waals surface area (Å²) in [5.41, 5.74) is 5.46. The van der Waals surface area contributed by atoms with Crippen molar-refractivity contribution in [2.45, 2.75) is 39.0 Å². The van der Waals surface area contributed by atoms with Crippen molar-refractivity contribution in [2.24, 2.45) is 0 Å². The number of aromatic nitrogens is 2. The number of halogens is 1. The van der Waals surface area contributed by atoms with Gasteiger partial charge in [-0.15, -0.1) is 0 Å². The van der Waals surface area contributed by atoms with Crippen LogP contribution in [0.1, 0.15) is 52.9 Å². The molecule has 5 nitrogen and oxygen atoms in total. The molecule has 4 rings (SSSR count). The fourth-order valence-electron chi connectivity index (χ4n) is 4.08. The summed E-state index contributed by atoms with van der Waals surface area (Å²) in [7, 11) is 0. The van der Waals surface area contributed by atoms with E-state index in [0.717, 1.165) is 60.5 Å². The van der Waals surface area contributed by atoms with Gasteiger partial charge in [0.05, 0.1) is 23.1 Å². The molecule has 2 N–H and O–H groups in total. The summed E-state index contributed by atoms with van der Waals surface area (Å²) in [4.78, 5) is 13.3. The quantitative estimate of drug-likeness (QED) is 0.600. The minimum Gasteiger partial charge on any atom is -0.322 e. The van der Waals surface area contributed by atoms with E-state index >= 15 is 0 Å². The number of amides is 1. The van der Waals surface area contributed by atoms with Crippen LogP contribution in [0.15, 0.2) is 48.7 Å². The highest BCUT2D eigenvalue weighted by atomic mass is 35.5. The molecule has 0 saturated carbocycles. The number of piperidine rings is 1. The van der Waals surface area contributed by atoms with E-state index in [1.54, 1.807) is 6.20 Å². The Balaban J connectivity index is 1.74. The minimum absolute atomic E-state index is 0.117. The first kappa shape index (κ1) is 20.6. The Labute approximate surface area is 182 Å². The average Bonchev–Trinajstić information content (AvgIpc) is 3.22. The van der Waals surface area contributed by atoms with Crippen LogP contribution in [-0.4, -0.2) is 28.8 Å². The van der Waals surface area contributed by atoms with Gasteiger partial charge in [-0.2, -0.15) is 5.10 Å². The Morgan fingerprint density at radius 2 is 2.00 bits per heavy atom. The maximum Gasteiger partial charge on any atom is 0.259 e. The predicted molar refractivity (Wildman–Crippen MR) is 122 cm³/mol. The molecule has 2 heterocycles. The number of rotatable bonds is 5. The summed E-state index contributed by atoms with van der Waals surface area (Å²) in [6, 6.07) is 13.8. The van der Waals surface area contributed by atoms with Crippen molar-refractivity contribution in [1.82, 2.24) is 15.1 Å². The number of anilines is 1. The molecule has 1 saturated heterocycles. The van der Waals surface area contributed by atoms with Crippen LogP contribution in [0.5, 0.6) is 0 Å². The Hall–Kier alpha value is -2.63. The molecule has 0 radical (unpaired) electrons. The molecule has 1 fully saturated rings. The second kappa shape index (κ2) is 9.02. The van der Waals surface area contributed by atoms with Crippen molar-refractivity contribution in [3.63, 3.8) is 0 Å². The first-order chi connectivity index (χ1) is 14.6. The van der Waals surface area contributed by atoms with Crippen LogP contribution in [0.3, 0.4) is 0 Å². The lowest BCUT2D eigenvalue weighted by Gasteiger charge is -2.25. The molecule has 30 heavy (non-hydrogen) atoms. The van der Waals surface area contributed by atoms with E-state index in [0.29, 0.717) is 10.6 Å². The first-order valence-corrected chi connectivity index (χ1v) is 10.9. The number of carbonyl (C=O) groups excluding carboxylic acids is 1. The SMILES string of the molecule is CCc1ccccc1NC(=O)c1cnn(-c2ccc(C)c(Cl)c2)c1C1CCNCC1. The zero-order valence-electron chi connectivity index (χ0n) is 17.4. The third kappa shape index (κ3) is 4.13. The van der Waals surface area contributed by atoms with Crippen LogP contribution < -0.4 is 10.6 Å². The van der Waals surface area contributed by atoms with Crippen LogP contribution in [0, 0.1) is 6.92 Å². The monoisotopic (exact) mass is 422 g/mol. The second-order valence-corrected chi connectivity index (χ2v) is 8.19. The van der Waals surface area contributed by atoms with Gasteiger partial charge < -0.3 is 10.6 Å². The van der Waals surface area contributed by atoms with Crippen molar-refractivity contribution in [3.8, 4) is 5.69 Å². The molecular formula is C24H27ClN4O.